The molecule has 1 aromatic carbocycles. The summed E-state index contributed by atoms with van der Waals surface area (Å²) in [6.45, 7) is -0.334. The van der Waals surface area contributed by atoms with Gasteiger partial charge in [0, 0.05) is 32.4 Å². The summed E-state index contributed by atoms with van der Waals surface area (Å²) in [5.41, 5.74) is 0.566. The number of aromatic nitrogens is 3. The first-order chi connectivity index (χ1) is 20.3. The number of halogens is 4. The van der Waals surface area contributed by atoms with E-state index in [9.17, 15) is 36.3 Å². The average Bonchev–Trinajstić information content (AvgIpc) is 3.42. The van der Waals surface area contributed by atoms with Crippen LogP contribution in [0.15, 0.2) is 59.2 Å². The Kier molecular flexibility index (Phi) is 8.42. The molecule has 43 heavy (non-hydrogen) atoms. The largest absolute Gasteiger partial charge is 0.573 e. The number of sulfonamides is 1. The summed E-state index contributed by atoms with van der Waals surface area (Å²) in [5, 5.41) is 12.2. The minimum atomic E-state index is -4.86. The monoisotopic (exact) mass is 656 g/mol. The first-order valence-electron chi connectivity index (χ1n) is 12.3. The molecule has 226 valence electrons. The van der Waals surface area contributed by atoms with Crippen molar-refractivity contribution in [2.24, 2.45) is 0 Å². The summed E-state index contributed by atoms with van der Waals surface area (Å²) in [7, 11) is -4.16. The predicted octanol–water partition coefficient (Wildman–Crippen LogP) is 3.53. The molecule has 3 aromatic heterocycles. The number of carboxylic acid groups (broad SMARTS) is 1. The molecule has 12 nitrogen and oxygen atoms in total. The number of nitrogens with one attached hydrogen (secondary N) is 1. The molecule has 1 aliphatic heterocycles. The lowest BCUT2D eigenvalue weighted by molar-refractivity contribution is -0.274. The van der Waals surface area contributed by atoms with Crippen molar-refractivity contribution in [3.63, 3.8) is 0 Å². The van der Waals surface area contributed by atoms with Crippen molar-refractivity contribution in [1.29, 1.82) is 0 Å². The van der Waals surface area contributed by atoms with E-state index >= 15 is 0 Å². The minimum Gasteiger partial charge on any atom is -0.478 e. The number of anilines is 1. The fourth-order valence-corrected chi connectivity index (χ4v) is 7.56. The van der Waals surface area contributed by atoms with Crippen LogP contribution in [0.1, 0.15) is 15.9 Å². The van der Waals surface area contributed by atoms with Gasteiger partial charge in [-0.25, -0.2) is 23.2 Å². The Morgan fingerprint density at radius 3 is 2.51 bits per heavy atom. The molecule has 5 rings (SSSR count). The molecule has 1 atom stereocenters. The van der Waals surface area contributed by atoms with Crippen LogP contribution >= 0.6 is 22.9 Å². The first-order valence-corrected chi connectivity index (χ1v) is 14.9. The molecule has 1 aliphatic rings. The fourth-order valence-electron chi connectivity index (χ4n) is 4.38. The lowest BCUT2D eigenvalue weighted by atomic mass is 10.1. The van der Waals surface area contributed by atoms with Crippen LogP contribution in [0.25, 0.3) is 11.0 Å². The van der Waals surface area contributed by atoms with Gasteiger partial charge < -0.3 is 20.1 Å². The van der Waals surface area contributed by atoms with E-state index in [1.54, 1.807) is 4.90 Å². The van der Waals surface area contributed by atoms with Gasteiger partial charge in [0.15, 0.2) is 0 Å². The van der Waals surface area contributed by atoms with Crippen LogP contribution in [0, 0.1) is 0 Å². The van der Waals surface area contributed by atoms with Gasteiger partial charge in [-0.1, -0.05) is 23.7 Å². The topological polar surface area (TPSA) is 155 Å². The minimum absolute atomic E-state index is 0.0619. The Morgan fingerprint density at radius 1 is 1.12 bits per heavy atom. The summed E-state index contributed by atoms with van der Waals surface area (Å²) < 4.78 is 69.6. The van der Waals surface area contributed by atoms with Gasteiger partial charge in [-0.15, -0.1) is 24.5 Å². The number of hydrogen-bond acceptors (Lipinski definition) is 10. The molecule has 0 spiro atoms. The number of carbonyl (C=O) groups is 2. The number of pyridine rings is 1. The van der Waals surface area contributed by atoms with Crippen LogP contribution in [-0.4, -0.2) is 76.7 Å². The number of rotatable bonds is 8. The number of alkyl halides is 3. The summed E-state index contributed by atoms with van der Waals surface area (Å²) in [6.07, 6.45) is -0.991. The van der Waals surface area contributed by atoms with Crippen molar-refractivity contribution >= 4 is 61.7 Å². The Labute approximate surface area is 250 Å². The number of thiophene rings is 1. The number of carboxylic acids is 1. The van der Waals surface area contributed by atoms with E-state index in [0.29, 0.717) is 5.56 Å². The molecule has 18 heteroatoms. The number of hydrogen-bond donors (Lipinski definition) is 2. The maximum absolute atomic E-state index is 13.6. The van der Waals surface area contributed by atoms with Gasteiger partial charge >= 0.3 is 12.3 Å². The standard InChI is InChI=1S/C25H20ClF3N6O6S2/c26-19-5-6-21(42-19)43(39,40)35-8-7-34(20-12-31-17-11-30-10-16(24(37)38)22(17)33-20)13-18(35)23(36)32-9-14-1-3-15(4-2-14)41-25(27,28)29/h1-6,10-12,18H,7-9,13H2,(H,32,36)(H,37,38). The van der Waals surface area contributed by atoms with E-state index in [2.05, 4.69) is 25.0 Å². The van der Waals surface area contributed by atoms with Gasteiger partial charge in [-0.2, -0.15) is 4.31 Å². The highest BCUT2D eigenvalue weighted by molar-refractivity contribution is 7.91. The number of ether oxygens (including phenoxy) is 1. The Balaban J connectivity index is 1.41. The van der Waals surface area contributed by atoms with Crippen molar-refractivity contribution in [2.75, 3.05) is 24.5 Å². The smallest absolute Gasteiger partial charge is 0.478 e. The van der Waals surface area contributed by atoms with Crippen LogP contribution in [0.4, 0.5) is 19.0 Å². The lowest BCUT2D eigenvalue weighted by Gasteiger charge is -2.39. The number of carbonyl (C=O) groups excluding carboxylic acids is 1. The van der Waals surface area contributed by atoms with E-state index in [1.165, 1.54) is 36.7 Å². The molecule has 1 fully saturated rings. The quantitative estimate of drug-likeness (QED) is 0.288. The third kappa shape index (κ3) is 6.79. The second-order valence-electron chi connectivity index (χ2n) is 9.13. The van der Waals surface area contributed by atoms with Crippen molar-refractivity contribution in [2.45, 2.75) is 23.2 Å². The van der Waals surface area contributed by atoms with Gasteiger partial charge in [-0.05, 0) is 29.8 Å². The molecule has 0 radical (unpaired) electrons. The molecule has 0 aliphatic carbocycles. The van der Waals surface area contributed by atoms with Crippen LogP contribution in [0.3, 0.4) is 0 Å². The van der Waals surface area contributed by atoms with E-state index in [-0.39, 0.29) is 57.1 Å². The Bertz CT molecular complexity index is 1790. The van der Waals surface area contributed by atoms with Gasteiger partial charge in [-0.3, -0.25) is 9.78 Å². The highest BCUT2D eigenvalue weighted by Gasteiger charge is 2.41. The SMILES string of the molecule is O=C(O)c1cncc2ncc(N3CCN(S(=O)(=O)c4ccc(Cl)s4)C(C(=O)NCc4ccc(OC(F)(F)F)cc4)C3)nc12. The highest BCUT2D eigenvalue weighted by Crippen LogP contribution is 2.31. The van der Waals surface area contributed by atoms with E-state index in [4.69, 9.17) is 11.6 Å². The molecular formula is C25H20ClF3N6O6S2. The highest BCUT2D eigenvalue weighted by atomic mass is 35.5. The van der Waals surface area contributed by atoms with E-state index < -0.39 is 40.1 Å². The molecule has 1 unspecified atom stereocenters. The zero-order chi connectivity index (χ0) is 30.9. The molecule has 2 N–H and O–H groups in total. The van der Waals surface area contributed by atoms with Crippen LogP contribution in [0.5, 0.6) is 5.75 Å². The number of nitrogens with zero attached hydrogens (tertiary/aromatic N) is 5. The number of benzene rings is 1. The molecular weight excluding hydrogens is 637 g/mol. The van der Waals surface area contributed by atoms with Crippen LogP contribution < -0.4 is 15.0 Å². The number of fused-ring (bicyclic) bond motifs is 1. The van der Waals surface area contributed by atoms with E-state index in [1.807, 2.05) is 0 Å². The maximum atomic E-state index is 13.6. The third-order valence-electron chi connectivity index (χ3n) is 6.37. The number of piperazine rings is 1. The average molecular weight is 657 g/mol. The summed E-state index contributed by atoms with van der Waals surface area (Å²) >= 11 is 6.80. The summed E-state index contributed by atoms with van der Waals surface area (Å²) in [6, 6.07) is 6.33. The second-order valence-corrected chi connectivity index (χ2v) is 13.0. The maximum Gasteiger partial charge on any atom is 0.573 e. The number of amides is 1. The van der Waals surface area contributed by atoms with Gasteiger partial charge in [0.1, 0.15) is 38.4 Å². The zero-order valence-electron chi connectivity index (χ0n) is 21.7. The molecule has 4 aromatic rings. The van der Waals surface area contributed by atoms with Crippen molar-refractivity contribution in [3.05, 3.63) is 70.5 Å². The molecule has 0 saturated carbocycles. The zero-order valence-corrected chi connectivity index (χ0v) is 24.0. The van der Waals surface area contributed by atoms with Crippen molar-refractivity contribution < 1.29 is 41.0 Å². The third-order valence-corrected chi connectivity index (χ3v) is 9.97. The van der Waals surface area contributed by atoms with E-state index in [0.717, 1.165) is 34.0 Å². The molecule has 0 bridgehead atoms. The summed E-state index contributed by atoms with van der Waals surface area (Å²) in [5.74, 6) is -2.16. The first kappa shape index (κ1) is 30.4. The van der Waals surface area contributed by atoms with Crippen LogP contribution in [0.2, 0.25) is 4.34 Å². The second kappa shape index (κ2) is 11.9. The predicted molar refractivity (Wildman–Crippen MR) is 148 cm³/mol. The van der Waals surface area contributed by atoms with Crippen molar-refractivity contribution in [1.82, 2.24) is 24.6 Å². The lowest BCUT2D eigenvalue weighted by Crippen LogP contribution is -2.60. The Hall–Kier alpha value is -4.06. The summed E-state index contributed by atoms with van der Waals surface area (Å²) in [4.78, 5) is 39.3. The molecule has 4 heterocycles. The number of aromatic carboxylic acids is 1. The molecule has 1 amide bonds. The van der Waals surface area contributed by atoms with Gasteiger partial charge in [0.2, 0.25) is 5.91 Å². The fraction of sp³-hybridized carbons (Fsp3) is 0.240. The normalized spacial score (nSPS) is 16.3. The van der Waals surface area contributed by atoms with Gasteiger partial charge in [0.25, 0.3) is 10.0 Å². The van der Waals surface area contributed by atoms with Crippen LogP contribution in [-0.2, 0) is 21.4 Å². The Morgan fingerprint density at radius 2 is 1.86 bits per heavy atom. The van der Waals surface area contributed by atoms with Gasteiger partial charge in [0.05, 0.1) is 16.7 Å². The van der Waals surface area contributed by atoms with Crippen molar-refractivity contribution in [3.8, 4) is 5.75 Å². The molecule has 1 saturated heterocycles.